The summed E-state index contributed by atoms with van der Waals surface area (Å²) in [5.41, 5.74) is 1.17. The van der Waals surface area contributed by atoms with Crippen molar-refractivity contribution in [1.82, 2.24) is 5.32 Å². The van der Waals surface area contributed by atoms with E-state index in [1.165, 1.54) is 5.56 Å². The average Bonchev–Trinajstić information content (AvgIpc) is 2.54. The minimum absolute atomic E-state index is 0.0666. The molecular weight excluding hydrogens is 286 g/mol. The minimum Gasteiger partial charge on any atom is -0.381 e. The van der Waals surface area contributed by atoms with Crippen LogP contribution in [0.2, 0.25) is 0 Å². The Balaban J connectivity index is 2.04. The lowest BCUT2D eigenvalue weighted by molar-refractivity contribution is -0.119. The Morgan fingerprint density at radius 1 is 1.29 bits per heavy atom. The number of carbonyl (C=O) groups is 1. The first-order valence-corrected chi connectivity index (χ1v) is 8.90. The summed E-state index contributed by atoms with van der Waals surface area (Å²) in [7, 11) is -1.06. The second kappa shape index (κ2) is 7.71. The lowest BCUT2D eigenvalue weighted by atomic mass is 9.74. The maximum Gasteiger partial charge on any atom is 0.232 e. The van der Waals surface area contributed by atoms with Gasteiger partial charge in [0.2, 0.25) is 5.91 Å². The Morgan fingerprint density at radius 2 is 1.95 bits per heavy atom. The second-order valence-corrected chi connectivity index (χ2v) is 7.15. The normalized spacial score (nSPS) is 18.9. The molecule has 1 N–H and O–H groups in total. The average molecular weight is 309 g/mol. The number of hydrogen-bond acceptors (Lipinski definition) is 3. The third kappa shape index (κ3) is 4.38. The molecule has 5 heteroatoms. The Hall–Kier alpha value is -1.20. The van der Waals surface area contributed by atoms with Crippen molar-refractivity contribution in [2.45, 2.75) is 25.2 Å². The molecule has 0 saturated carbocycles. The lowest BCUT2D eigenvalue weighted by Crippen LogP contribution is -2.45. The quantitative estimate of drug-likeness (QED) is 0.869. The predicted octanol–water partition coefficient (Wildman–Crippen LogP) is 1.62. The molecule has 1 aliphatic heterocycles. The zero-order valence-corrected chi connectivity index (χ0v) is 13.3. The molecule has 0 unspecified atom stereocenters. The fraction of sp³-hybridized carbons (Fsp3) is 0.562. The molecule has 1 amide bonds. The topological polar surface area (TPSA) is 55.4 Å². The van der Waals surface area contributed by atoms with Crippen molar-refractivity contribution in [3.05, 3.63) is 35.9 Å². The predicted molar refractivity (Wildman–Crippen MR) is 84.7 cm³/mol. The molecule has 0 spiro atoms. The van der Waals surface area contributed by atoms with Crippen LogP contribution in [-0.4, -0.2) is 41.4 Å². The molecule has 1 fully saturated rings. The van der Waals surface area contributed by atoms with Crippen LogP contribution < -0.4 is 5.32 Å². The summed E-state index contributed by atoms with van der Waals surface area (Å²) in [5.74, 6) is 0.486. The zero-order chi connectivity index (χ0) is 15.1. The van der Waals surface area contributed by atoms with Crippen LogP contribution in [0.1, 0.15) is 25.3 Å². The van der Waals surface area contributed by atoms with E-state index in [1.54, 1.807) is 0 Å². The van der Waals surface area contributed by atoms with E-state index >= 15 is 0 Å². The van der Waals surface area contributed by atoms with Gasteiger partial charge < -0.3 is 10.1 Å². The molecule has 116 valence electrons. The highest BCUT2D eigenvalue weighted by molar-refractivity contribution is 7.85. The van der Waals surface area contributed by atoms with Gasteiger partial charge in [-0.1, -0.05) is 37.3 Å². The smallest absolute Gasteiger partial charge is 0.232 e. The lowest BCUT2D eigenvalue weighted by Gasteiger charge is -2.38. The Labute approximate surface area is 128 Å². The third-order valence-electron chi connectivity index (χ3n) is 4.07. The van der Waals surface area contributed by atoms with E-state index in [0.29, 0.717) is 25.5 Å². The molecule has 2 rings (SSSR count). The first-order valence-electron chi connectivity index (χ1n) is 7.41. The van der Waals surface area contributed by atoms with Crippen LogP contribution in [0.25, 0.3) is 0 Å². The van der Waals surface area contributed by atoms with Crippen molar-refractivity contribution >= 4 is 16.7 Å². The van der Waals surface area contributed by atoms with Gasteiger partial charge in [-0.2, -0.15) is 0 Å². The van der Waals surface area contributed by atoms with Gasteiger partial charge in [0.15, 0.2) is 0 Å². The highest BCUT2D eigenvalue weighted by atomic mass is 32.2. The first-order chi connectivity index (χ1) is 10.2. The van der Waals surface area contributed by atoms with Gasteiger partial charge in [0.25, 0.3) is 0 Å². The molecule has 0 bridgehead atoms. The van der Waals surface area contributed by atoms with Gasteiger partial charge in [-0.05, 0) is 18.4 Å². The van der Waals surface area contributed by atoms with Gasteiger partial charge in [-0.15, -0.1) is 0 Å². The number of ether oxygens (including phenoxy) is 1. The number of benzene rings is 1. The summed E-state index contributed by atoms with van der Waals surface area (Å²) >= 11 is 0. The Bertz CT molecular complexity index is 484. The first kappa shape index (κ1) is 16.2. The fourth-order valence-electron chi connectivity index (χ4n) is 2.69. The van der Waals surface area contributed by atoms with Crippen molar-refractivity contribution in [2.75, 3.05) is 31.3 Å². The van der Waals surface area contributed by atoms with Gasteiger partial charge in [0, 0.05) is 41.7 Å². The molecule has 1 heterocycles. The van der Waals surface area contributed by atoms with Crippen LogP contribution in [0.4, 0.5) is 0 Å². The Kier molecular flexibility index (Phi) is 5.94. The van der Waals surface area contributed by atoms with E-state index in [-0.39, 0.29) is 17.1 Å². The van der Waals surface area contributed by atoms with E-state index in [1.807, 2.05) is 25.1 Å². The van der Waals surface area contributed by atoms with E-state index in [4.69, 9.17) is 4.74 Å². The molecule has 1 aliphatic rings. The second-order valence-electron chi connectivity index (χ2n) is 5.41. The molecule has 0 aliphatic carbocycles. The van der Waals surface area contributed by atoms with Gasteiger partial charge >= 0.3 is 0 Å². The number of nitrogens with one attached hydrogen (secondary N) is 1. The SMILES string of the molecule is CC[S@@](=O)CC(=O)NCC1(c2ccccc2)CCOCC1. The largest absolute Gasteiger partial charge is 0.381 e. The standard InChI is InChI=1S/C16H23NO3S/c1-2-21(19)12-15(18)17-13-16(8-10-20-11-9-16)14-6-4-3-5-7-14/h3-7H,2,8-13H2,1H3,(H,17,18)/t21-/m1/s1. The van der Waals surface area contributed by atoms with Gasteiger partial charge in [-0.3, -0.25) is 9.00 Å². The van der Waals surface area contributed by atoms with Crippen molar-refractivity contribution in [1.29, 1.82) is 0 Å². The highest BCUT2D eigenvalue weighted by Gasteiger charge is 2.34. The molecule has 1 aromatic carbocycles. The molecule has 21 heavy (non-hydrogen) atoms. The highest BCUT2D eigenvalue weighted by Crippen LogP contribution is 2.34. The monoisotopic (exact) mass is 309 g/mol. The number of rotatable bonds is 6. The summed E-state index contributed by atoms with van der Waals surface area (Å²) in [5, 5.41) is 2.97. The van der Waals surface area contributed by atoms with E-state index in [0.717, 1.165) is 12.8 Å². The van der Waals surface area contributed by atoms with Crippen LogP contribution >= 0.6 is 0 Å². The maximum atomic E-state index is 11.9. The van der Waals surface area contributed by atoms with Crippen LogP contribution in [0.3, 0.4) is 0 Å². The molecule has 0 aromatic heterocycles. The molecule has 1 atom stereocenters. The van der Waals surface area contributed by atoms with Gasteiger partial charge in [0.1, 0.15) is 5.75 Å². The van der Waals surface area contributed by atoms with E-state index < -0.39 is 10.8 Å². The van der Waals surface area contributed by atoms with Crippen molar-refractivity contribution in [2.24, 2.45) is 0 Å². The number of amides is 1. The van der Waals surface area contributed by atoms with Gasteiger partial charge in [0.05, 0.1) is 0 Å². The minimum atomic E-state index is -1.06. The molecule has 0 radical (unpaired) electrons. The van der Waals surface area contributed by atoms with Crippen LogP contribution in [0, 0.1) is 0 Å². The van der Waals surface area contributed by atoms with E-state index in [2.05, 4.69) is 17.4 Å². The molecule has 1 aromatic rings. The van der Waals surface area contributed by atoms with Crippen molar-refractivity contribution in [3.8, 4) is 0 Å². The summed E-state index contributed by atoms with van der Waals surface area (Å²) in [4.78, 5) is 11.9. The summed E-state index contributed by atoms with van der Waals surface area (Å²) in [6.07, 6.45) is 1.79. The van der Waals surface area contributed by atoms with Crippen LogP contribution in [0.15, 0.2) is 30.3 Å². The summed E-state index contributed by atoms with van der Waals surface area (Å²) in [6, 6.07) is 10.3. The Morgan fingerprint density at radius 3 is 2.57 bits per heavy atom. The molecule has 4 nitrogen and oxygen atoms in total. The van der Waals surface area contributed by atoms with E-state index in [9.17, 15) is 9.00 Å². The summed E-state index contributed by atoms with van der Waals surface area (Å²) in [6.45, 7) is 3.84. The zero-order valence-electron chi connectivity index (χ0n) is 12.5. The molecule has 1 saturated heterocycles. The third-order valence-corrected chi connectivity index (χ3v) is 5.30. The van der Waals surface area contributed by atoms with Gasteiger partial charge in [-0.25, -0.2) is 0 Å². The molecular formula is C16H23NO3S. The van der Waals surface area contributed by atoms with Crippen molar-refractivity contribution < 1.29 is 13.7 Å². The fourth-order valence-corrected chi connectivity index (χ4v) is 3.29. The van der Waals surface area contributed by atoms with Crippen LogP contribution in [-0.2, 0) is 25.7 Å². The van der Waals surface area contributed by atoms with Crippen LogP contribution in [0.5, 0.6) is 0 Å². The maximum absolute atomic E-state index is 11.9. The number of hydrogen-bond donors (Lipinski definition) is 1. The summed E-state index contributed by atoms with van der Waals surface area (Å²) < 4.78 is 16.9. The van der Waals surface area contributed by atoms with Crippen molar-refractivity contribution in [3.63, 3.8) is 0 Å². The number of carbonyl (C=O) groups excluding carboxylic acids is 1.